The molecule has 23 heteroatoms. The maximum atomic E-state index is 12.4. The number of nitrogens with zero attached hydrogens (tertiary/aromatic N) is 1. The van der Waals surface area contributed by atoms with Crippen LogP contribution in [0.2, 0.25) is 0 Å². The highest BCUT2D eigenvalue weighted by molar-refractivity contribution is 7.86. The number of fused-ring (bicyclic) bond motifs is 1. The molecule has 19 nitrogen and oxygen atoms in total. The molecule has 1 saturated heterocycles. The lowest BCUT2D eigenvalue weighted by Gasteiger charge is -2.35. The zero-order valence-corrected chi connectivity index (χ0v) is 24.2. The summed E-state index contributed by atoms with van der Waals surface area (Å²) in [5.41, 5.74) is -1.82. The lowest BCUT2D eigenvalue weighted by molar-refractivity contribution is -0.245. The third-order valence-electron chi connectivity index (χ3n) is 5.48. The Morgan fingerprint density at radius 2 is 1.67 bits per heavy atom. The molecule has 0 spiro atoms. The van der Waals surface area contributed by atoms with Gasteiger partial charge in [-0.3, -0.25) is 32.4 Å². The lowest BCUT2D eigenvalue weighted by Crippen LogP contribution is -2.31. The minimum absolute atomic E-state index is 0. The highest BCUT2D eigenvalue weighted by Crippen LogP contribution is 2.62. The second-order valence-electron chi connectivity index (χ2n) is 8.38. The number of phosphoric ester groups is 1. The van der Waals surface area contributed by atoms with E-state index in [1.54, 1.807) is 5.09 Å². The van der Waals surface area contributed by atoms with Gasteiger partial charge < -0.3 is 39.1 Å². The van der Waals surface area contributed by atoms with E-state index in [1.807, 2.05) is 4.98 Å². The van der Waals surface area contributed by atoms with Crippen LogP contribution in [-0.4, -0.2) is 40.7 Å². The van der Waals surface area contributed by atoms with Crippen LogP contribution in [0, 0.1) is 0 Å². The van der Waals surface area contributed by atoms with Crippen molar-refractivity contribution in [2.45, 2.75) is 30.1 Å². The molecule has 0 radical (unpaired) electrons. The average Bonchev–Trinajstić information content (AvgIpc) is 3.29. The second kappa shape index (κ2) is 12.6. The van der Waals surface area contributed by atoms with Crippen molar-refractivity contribution in [1.82, 2.24) is 9.55 Å². The van der Waals surface area contributed by atoms with Gasteiger partial charge in [0.05, 0.1) is 17.6 Å². The first kappa shape index (κ1) is 34.0. The number of aromatic nitrogens is 2. The first-order chi connectivity index (χ1) is 18.9. The van der Waals surface area contributed by atoms with E-state index in [2.05, 4.69) is 13.1 Å². The smallest absolute Gasteiger partial charge is 0.330 e. The summed E-state index contributed by atoms with van der Waals surface area (Å²) in [6.07, 6.45) is -0.320. The van der Waals surface area contributed by atoms with E-state index in [1.165, 1.54) is 18.3 Å². The minimum atomic E-state index is -6.16. The van der Waals surface area contributed by atoms with E-state index in [0.717, 1.165) is 34.9 Å². The van der Waals surface area contributed by atoms with Crippen LogP contribution in [-0.2, 0) is 41.7 Å². The molecule has 0 bridgehead atoms. The zero-order chi connectivity index (χ0) is 30.2. The molecule has 0 amide bonds. The van der Waals surface area contributed by atoms with Crippen molar-refractivity contribution < 1.29 is 69.0 Å². The van der Waals surface area contributed by atoms with Crippen LogP contribution in [0.4, 0.5) is 5.69 Å². The molecule has 1 aromatic heterocycles. The number of ether oxygens (including phenoxy) is 1. The van der Waals surface area contributed by atoms with E-state index >= 15 is 0 Å². The summed E-state index contributed by atoms with van der Waals surface area (Å²) in [5.74, 6) is 0. The Kier molecular flexibility index (Phi) is 10.2. The summed E-state index contributed by atoms with van der Waals surface area (Å²) < 4.78 is 89.8. The van der Waals surface area contributed by atoms with Gasteiger partial charge in [0.1, 0.15) is 16.3 Å². The molecule has 1 fully saturated rings. The second-order valence-corrected chi connectivity index (χ2v) is 14.3. The maximum Gasteiger partial charge on any atom is 0.330 e. The molecule has 0 aliphatic carbocycles. The normalized spacial score (nSPS) is 21.5. The Morgan fingerprint density at radius 3 is 2.33 bits per heavy atom. The first-order valence-electron chi connectivity index (χ1n) is 11.2. The fourth-order valence-corrected chi connectivity index (χ4v) is 8.20. The average molecular weight is 677 g/mol. The Morgan fingerprint density at radius 1 is 1.00 bits per heavy atom. The maximum absolute atomic E-state index is 12.4. The summed E-state index contributed by atoms with van der Waals surface area (Å²) in [5, 5.41) is 1.40. The molecule has 238 valence electrons. The van der Waals surface area contributed by atoms with Gasteiger partial charge >= 0.3 is 5.69 Å². The molecule has 4 N–H and O–H groups in total. The van der Waals surface area contributed by atoms with Crippen LogP contribution in [0.5, 0.6) is 0 Å². The van der Waals surface area contributed by atoms with Crippen LogP contribution in [0.15, 0.2) is 63.1 Å². The Bertz CT molecular complexity index is 1860. The third kappa shape index (κ3) is 8.52. The molecule has 2 heterocycles. The Balaban J connectivity index is 0.00000484. The van der Waals surface area contributed by atoms with Crippen LogP contribution in [0.25, 0.3) is 10.8 Å². The van der Waals surface area contributed by atoms with Gasteiger partial charge in [0, 0.05) is 33.0 Å². The number of H-pyrrole nitrogens is 1. The molecule has 3 unspecified atom stereocenters. The van der Waals surface area contributed by atoms with Crippen molar-refractivity contribution in [1.29, 1.82) is 0 Å². The van der Waals surface area contributed by atoms with Crippen molar-refractivity contribution in [3.05, 3.63) is 69.5 Å². The standard InChI is InChI=1S/C19H22N3O15P3S.H2O.3H2/c23-17-9-10-22(19(24)20-17)18-8-7-12(35-18)11-34-39(27,28)37-40(29,30)36-38(25,26)21-15-5-1-4-14-13(15)3-2-6-16(14)41(31,32)33;;;;/h1-6,9-10,12,18H,7-8,11H2,(H,27,28)(H,29,30)(H,20,23,24)(H2,21,25,26)(H,31,32,33);1H2;3*1H/p-4/t12-,18+;;;;/m0..../s1. The van der Waals surface area contributed by atoms with Gasteiger partial charge in [-0.2, -0.15) is 0 Å². The number of hydrogen-bond donors (Lipinski definition) is 2. The first-order valence-corrected chi connectivity index (χ1v) is 17.1. The lowest BCUT2D eigenvalue weighted by atomic mass is 10.1. The van der Waals surface area contributed by atoms with E-state index in [9.17, 15) is 50.9 Å². The molecule has 5 atom stereocenters. The highest BCUT2D eigenvalue weighted by atomic mass is 32.2. The monoisotopic (exact) mass is 677 g/mol. The van der Waals surface area contributed by atoms with Crippen molar-refractivity contribution in [3.63, 3.8) is 0 Å². The molecule has 1 aliphatic rings. The predicted octanol–water partition coefficient (Wildman–Crippen LogP) is -0.248. The molecular weight excluding hydrogens is 651 g/mol. The number of anilines is 1. The molecule has 42 heavy (non-hydrogen) atoms. The van der Waals surface area contributed by atoms with Crippen molar-refractivity contribution in [2.75, 3.05) is 11.7 Å². The quantitative estimate of drug-likeness (QED) is 0.195. The van der Waals surface area contributed by atoms with Gasteiger partial charge in [-0.15, -0.1) is 0 Å². The predicted molar refractivity (Wildman–Crippen MR) is 141 cm³/mol. The van der Waals surface area contributed by atoms with Crippen LogP contribution in [0.3, 0.4) is 0 Å². The summed E-state index contributed by atoms with van der Waals surface area (Å²) in [6.45, 7) is -0.774. The van der Waals surface area contributed by atoms with Crippen molar-refractivity contribution in [3.8, 4) is 0 Å². The van der Waals surface area contributed by atoms with E-state index in [4.69, 9.17) is 4.74 Å². The van der Waals surface area contributed by atoms with Gasteiger partial charge in [-0.25, -0.2) is 17.5 Å². The fourth-order valence-electron chi connectivity index (χ4n) is 3.90. The number of phosphoric acid groups is 2. The number of rotatable bonds is 11. The largest absolute Gasteiger partial charge is 0.761 e. The number of nitrogens with one attached hydrogen (secondary N) is 2. The minimum Gasteiger partial charge on any atom is -0.761 e. The van der Waals surface area contributed by atoms with E-state index in [0.29, 0.717) is 0 Å². The van der Waals surface area contributed by atoms with Gasteiger partial charge in [-0.05, 0) is 25.0 Å². The molecule has 0 saturated carbocycles. The van der Waals surface area contributed by atoms with Gasteiger partial charge in [-0.1, -0.05) is 24.3 Å². The SMILES string of the molecule is O.O=c1ccn([C@H]2CC[C@@H](COP(=O)([O-])OP(=O)([O-])OP(=O)([O-])Nc3cccc4c(S(=O)(=O)[O-])cccc34)O2)c(=O)[nH]1.[HH].[HH].[HH]. The molecule has 4 rings (SSSR count). The van der Waals surface area contributed by atoms with Crippen LogP contribution in [0.1, 0.15) is 23.3 Å². The van der Waals surface area contributed by atoms with Crippen molar-refractivity contribution >= 4 is 50.0 Å². The summed E-state index contributed by atoms with van der Waals surface area (Å²) in [7, 11) is -22.6. The molecule has 2 aromatic carbocycles. The number of aromatic amines is 1. The Labute approximate surface area is 240 Å². The van der Waals surface area contributed by atoms with E-state index in [-0.39, 0.29) is 33.4 Å². The zero-order valence-electron chi connectivity index (χ0n) is 20.7. The molecular formula is C19H26N3O16P3S-4. The number of hydrogen-bond acceptors (Lipinski definition) is 15. The van der Waals surface area contributed by atoms with Crippen molar-refractivity contribution in [2.24, 2.45) is 0 Å². The van der Waals surface area contributed by atoms with Crippen LogP contribution < -0.4 is 31.0 Å². The van der Waals surface area contributed by atoms with Crippen LogP contribution >= 0.6 is 23.4 Å². The number of benzene rings is 2. The topological polar surface area (TPSA) is 313 Å². The summed E-state index contributed by atoms with van der Waals surface area (Å²) in [4.78, 5) is 60.9. The molecule has 1 aliphatic heterocycles. The third-order valence-corrected chi connectivity index (χ3v) is 10.6. The highest BCUT2D eigenvalue weighted by Gasteiger charge is 2.31. The fraction of sp³-hybridized carbons (Fsp3) is 0.263. The summed E-state index contributed by atoms with van der Waals surface area (Å²) >= 11 is 0. The van der Waals surface area contributed by atoms with Gasteiger partial charge in [0.15, 0.2) is 0 Å². The molecule has 3 aromatic rings. The van der Waals surface area contributed by atoms with Gasteiger partial charge in [0.2, 0.25) is 7.75 Å². The summed E-state index contributed by atoms with van der Waals surface area (Å²) in [6, 6.07) is 7.86. The van der Waals surface area contributed by atoms with E-state index < -0.39 is 74.3 Å². The van der Waals surface area contributed by atoms with Gasteiger partial charge in [0.25, 0.3) is 21.2 Å². The Hall–Kier alpha value is -2.54.